The fraction of sp³-hybridized carbons (Fsp3) is 0.414. The van der Waals surface area contributed by atoms with Crippen LogP contribution in [0.2, 0.25) is 5.02 Å². The number of hydrogen-bond donors (Lipinski definition) is 2. The van der Waals surface area contributed by atoms with Crippen LogP contribution < -0.4 is 19.7 Å². The third kappa shape index (κ3) is 5.13. The van der Waals surface area contributed by atoms with E-state index in [0.717, 1.165) is 48.9 Å². The molecule has 7 nitrogen and oxygen atoms in total. The Morgan fingerprint density at radius 3 is 2.68 bits per heavy atom. The summed E-state index contributed by atoms with van der Waals surface area (Å²) in [5, 5.41) is 17.3. The molecule has 3 atom stereocenters. The Morgan fingerprint density at radius 1 is 1.08 bits per heavy atom. The molecule has 3 aromatic carbocycles. The maximum Gasteiger partial charge on any atom is 0.225 e. The highest BCUT2D eigenvalue weighted by atomic mass is 35.5. The van der Waals surface area contributed by atoms with E-state index in [9.17, 15) is 14.3 Å². The van der Waals surface area contributed by atoms with Gasteiger partial charge in [-0.15, -0.1) is 0 Å². The fourth-order valence-electron chi connectivity index (χ4n) is 5.51. The molecule has 200 valence electrons. The number of aliphatic hydroxyl groups excluding tert-OH is 1. The van der Waals surface area contributed by atoms with E-state index in [4.69, 9.17) is 21.1 Å². The number of carbonyl (C=O) groups is 1. The predicted octanol–water partition coefficient (Wildman–Crippen LogP) is 4.15. The summed E-state index contributed by atoms with van der Waals surface area (Å²) in [6, 6.07) is 14.4. The fourth-order valence-corrected chi connectivity index (χ4v) is 5.69. The lowest BCUT2D eigenvalue weighted by Gasteiger charge is -2.36. The van der Waals surface area contributed by atoms with E-state index in [1.807, 2.05) is 18.2 Å². The summed E-state index contributed by atoms with van der Waals surface area (Å²) in [7, 11) is 0. The molecule has 2 fully saturated rings. The van der Waals surface area contributed by atoms with Crippen LogP contribution in [0.15, 0.2) is 48.5 Å². The molecule has 0 spiro atoms. The van der Waals surface area contributed by atoms with Gasteiger partial charge in [0.05, 0.1) is 12.0 Å². The van der Waals surface area contributed by atoms with Gasteiger partial charge >= 0.3 is 0 Å². The van der Waals surface area contributed by atoms with E-state index in [0.29, 0.717) is 30.3 Å². The van der Waals surface area contributed by atoms with Gasteiger partial charge in [-0.1, -0.05) is 23.7 Å². The maximum atomic E-state index is 14.7. The molecular weight excluding hydrogens is 509 g/mol. The lowest BCUT2D eigenvalue weighted by molar-refractivity contribution is -0.126. The first-order valence-electron chi connectivity index (χ1n) is 13.2. The average Bonchev–Trinajstić information content (AvgIpc) is 3.40. The molecule has 38 heavy (non-hydrogen) atoms. The highest BCUT2D eigenvalue weighted by molar-refractivity contribution is 6.31. The molecular formula is C29H31ClFN3O4. The zero-order chi connectivity index (χ0) is 26.2. The lowest BCUT2D eigenvalue weighted by atomic mass is 9.98. The van der Waals surface area contributed by atoms with Crippen LogP contribution in [-0.4, -0.2) is 67.9 Å². The summed E-state index contributed by atoms with van der Waals surface area (Å²) in [6.45, 7) is 4.29. The number of nitrogens with zero attached hydrogens (tertiary/aromatic N) is 2. The second-order valence-electron chi connectivity index (χ2n) is 10.3. The van der Waals surface area contributed by atoms with Crippen molar-refractivity contribution in [1.82, 2.24) is 10.2 Å². The quantitative estimate of drug-likeness (QED) is 0.470. The van der Waals surface area contributed by atoms with Crippen molar-refractivity contribution in [3.05, 3.63) is 64.9 Å². The molecule has 0 bridgehead atoms. The van der Waals surface area contributed by atoms with Crippen LogP contribution in [0.25, 0.3) is 10.8 Å². The number of likely N-dealkylation sites (tertiary alicyclic amines) is 1. The number of rotatable bonds is 7. The van der Waals surface area contributed by atoms with Crippen molar-refractivity contribution in [1.29, 1.82) is 0 Å². The largest absolute Gasteiger partial charge is 0.486 e. The van der Waals surface area contributed by atoms with E-state index in [1.165, 1.54) is 6.07 Å². The highest BCUT2D eigenvalue weighted by Crippen LogP contribution is 2.37. The number of nitrogens with one attached hydrogen (secondary N) is 1. The maximum absolute atomic E-state index is 14.7. The van der Waals surface area contributed by atoms with Crippen molar-refractivity contribution in [2.75, 3.05) is 50.8 Å². The highest BCUT2D eigenvalue weighted by Gasteiger charge is 2.34. The van der Waals surface area contributed by atoms with Gasteiger partial charge in [0.2, 0.25) is 5.91 Å². The van der Waals surface area contributed by atoms with Gasteiger partial charge in [0.25, 0.3) is 0 Å². The molecule has 0 aromatic heterocycles. The zero-order valence-corrected chi connectivity index (χ0v) is 21.8. The second kappa shape index (κ2) is 10.6. The average molecular weight is 540 g/mol. The first-order chi connectivity index (χ1) is 18.4. The first kappa shape index (κ1) is 25.2. The van der Waals surface area contributed by atoms with E-state index < -0.39 is 18.0 Å². The Bertz CT molecular complexity index is 1350. The Balaban J connectivity index is 1.16. The molecule has 2 N–H and O–H groups in total. The van der Waals surface area contributed by atoms with Gasteiger partial charge < -0.3 is 29.7 Å². The van der Waals surface area contributed by atoms with Crippen molar-refractivity contribution >= 4 is 34.0 Å². The van der Waals surface area contributed by atoms with Crippen LogP contribution in [0, 0.1) is 11.7 Å². The van der Waals surface area contributed by atoms with Crippen LogP contribution in [-0.2, 0) is 4.79 Å². The molecule has 3 aliphatic heterocycles. The summed E-state index contributed by atoms with van der Waals surface area (Å²) in [6.07, 6.45) is 0.718. The molecule has 0 aliphatic carbocycles. The number of benzene rings is 3. The first-order valence-corrected chi connectivity index (χ1v) is 13.6. The number of anilines is 1. The van der Waals surface area contributed by atoms with Crippen LogP contribution >= 0.6 is 11.6 Å². The number of fused-ring (bicyclic) bond motifs is 2. The number of halogens is 2. The minimum Gasteiger partial charge on any atom is -0.486 e. The van der Waals surface area contributed by atoms with E-state index in [1.54, 1.807) is 6.07 Å². The molecule has 2 saturated heterocycles. The number of aliphatic hydroxyl groups is 1. The van der Waals surface area contributed by atoms with Crippen LogP contribution in [0.3, 0.4) is 0 Å². The second-order valence-corrected chi connectivity index (χ2v) is 10.8. The summed E-state index contributed by atoms with van der Waals surface area (Å²) in [4.78, 5) is 17.8. The Hall–Kier alpha value is -3.07. The standard InChI is InChI=1S/C29H31ClFN3O4/c30-22-4-2-19-13-23(5-3-18(19)12-22)34-9-6-20(16-34)29(36)32-25(17-33-7-1-8-33)27(35)21-14-24(31)28-26(15-21)37-10-11-38-28/h2-5,12-15,20,25,27,35H,1,6-11,16-17H2,(H,32,36). The van der Waals surface area contributed by atoms with Crippen LogP contribution in [0.4, 0.5) is 10.1 Å². The molecule has 1 amide bonds. The van der Waals surface area contributed by atoms with E-state index in [2.05, 4.69) is 33.3 Å². The summed E-state index contributed by atoms with van der Waals surface area (Å²) in [5.74, 6) is -0.530. The van der Waals surface area contributed by atoms with Crippen molar-refractivity contribution in [2.45, 2.75) is 25.0 Å². The zero-order valence-electron chi connectivity index (χ0n) is 21.0. The number of amides is 1. The smallest absolute Gasteiger partial charge is 0.225 e. The predicted molar refractivity (Wildman–Crippen MR) is 145 cm³/mol. The van der Waals surface area contributed by atoms with Gasteiger partial charge in [-0.2, -0.15) is 0 Å². The normalized spacial score (nSPS) is 20.7. The number of ether oxygens (including phenoxy) is 2. The van der Waals surface area contributed by atoms with Gasteiger partial charge in [-0.25, -0.2) is 4.39 Å². The molecule has 3 aromatic rings. The van der Waals surface area contributed by atoms with Gasteiger partial charge in [0, 0.05) is 30.3 Å². The lowest BCUT2D eigenvalue weighted by Crippen LogP contribution is -2.52. The topological polar surface area (TPSA) is 74.3 Å². The van der Waals surface area contributed by atoms with Crippen molar-refractivity contribution in [3.63, 3.8) is 0 Å². The van der Waals surface area contributed by atoms with Crippen molar-refractivity contribution in [3.8, 4) is 11.5 Å². The van der Waals surface area contributed by atoms with Gasteiger partial charge in [0.1, 0.15) is 19.3 Å². The van der Waals surface area contributed by atoms with E-state index >= 15 is 0 Å². The SMILES string of the molecule is O=C(NC(CN1CCC1)C(O)c1cc(F)c2c(c1)OCCO2)C1CCN(c2ccc3cc(Cl)ccc3c2)C1. The van der Waals surface area contributed by atoms with Gasteiger partial charge in [0.15, 0.2) is 17.3 Å². The summed E-state index contributed by atoms with van der Waals surface area (Å²) in [5.41, 5.74) is 1.43. The molecule has 6 rings (SSSR count). The molecule has 0 radical (unpaired) electrons. The van der Waals surface area contributed by atoms with Crippen molar-refractivity contribution in [2.24, 2.45) is 5.92 Å². The molecule has 0 saturated carbocycles. The Morgan fingerprint density at radius 2 is 1.87 bits per heavy atom. The van der Waals surface area contributed by atoms with Crippen LogP contribution in [0.5, 0.6) is 11.5 Å². The molecule has 3 unspecified atom stereocenters. The minimum atomic E-state index is -1.09. The van der Waals surface area contributed by atoms with Gasteiger partial charge in [-0.05, 0) is 78.7 Å². The third-order valence-corrected chi connectivity index (χ3v) is 8.02. The number of hydrogen-bond acceptors (Lipinski definition) is 6. The van der Waals surface area contributed by atoms with E-state index in [-0.39, 0.29) is 29.9 Å². The number of carbonyl (C=O) groups excluding carboxylic acids is 1. The monoisotopic (exact) mass is 539 g/mol. The molecule has 3 aliphatic rings. The Labute approximate surface area is 226 Å². The Kier molecular flexibility index (Phi) is 7.03. The minimum absolute atomic E-state index is 0.0679. The third-order valence-electron chi connectivity index (χ3n) is 7.78. The molecule has 9 heteroatoms. The van der Waals surface area contributed by atoms with Crippen LogP contribution in [0.1, 0.15) is 24.5 Å². The van der Waals surface area contributed by atoms with Crippen molar-refractivity contribution < 1.29 is 23.8 Å². The summed E-state index contributed by atoms with van der Waals surface area (Å²) >= 11 is 6.12. The van der Waals surface area contributed by atoms with Gasteiger partial charge in [-0.3, -0.25) is 4.79 Å². The summed E-state index contributed by atoms with van der Waals surface area (Å²) < 4.78 is 25.6. The molecule has 3 heterocycles.